The Hall–Kier alpha value is -1.91. The monoisotopic (exact) mass is 527 g/mol. The highest BCUT2D eigenvalue weighted by Crippen LogP contribution is 2.22. The van der Waals surface area contributed by atoms with Crippen LogP contribution in [0.2, 0.25) is 0 Å². The van der Waals surface area contributed by atoms with Crippen molar-refractivity contribution in [2.45, 2.75) is 20.1 Å². The molecule has 0 bridgehead atoms. The van der Waals surface area contributed by atoms with Crippen molar-refractivity contribution >= 4 is 41.3 Å². The number of nitrogens with zero attached hydrogens (tertiary/aromatic N) is 3. The first-order valence-electron chi connectivity index (χ1n) is 10.00. The second kappa shape index (κ2) is 12.1. The van der Waals surface area contributed by atoms with Gasteiger partial charge in [-0.05, 0) is 30.3 Å². The number of rotatable bonds is 7. The summed E-state index contributed by atoms with van der Waals surface area (Å²) in [6.07, 6.45) is 0. The molecule has 0 unspecified atom stereocenters. The first-order chi connectivity index (χ1) is 14.1. The molecule has 164 valence electrons. The molecule has 0 aromatic heterocycles. The van der Waals surface area contributed by atoms with Gasteiger partial charge in [-0.15, -0.1) is 24.0 Å². The van der Waals surface area contributed by atoms with Gasteiger partial charge in [-0.25, -0.2) is 9.38 Å². The molecule has 2 aromatic rings. The SMILES string of the molecule is CCN1CCN(c2ccc(CN=C(N)Nc3ccccc3COC)cc2F)CC1.I. The Morgan fingerprint density at radius 3 is 2.57 bits per heavy atom. The van der Waals surface area contributed by atoms with Gasteiger partial charge in [-0.3, -0.25) is 0 Å². The molecule has 1 saturated heterocycles. The maximum absolute atomic E-state index is 14.7. The van der Waals surface area contributed by atoms with Crippen LogP contribution in [0.4, 0.5) is 15.8 Å². The number of nitrogens with two attached hydrogens (primary N) is 1. The normalized spacial score (nSPS) is 15.0. The van der Waals surface area contributed by atoms with E-state index in [1.165, 1.54) is 0 Å². The molecule has 0 saturated carbocycles. The summed E-state index contributed by atoms with van der Waals surface area (Å²) in [5.74, 6) is 0.0772. The number of ether oxygens (including phenoxy) is 1. The number of methoxy groups -OCH3 is 1. The minimum Gasteiger partial charge on any atom is -0.380 e. The van der Waals surface area contributed by atoms with E-state index < -0.39 is 0 Å². The van der Waals surface area contributed by atoms with Gasteiger partial charge in [0.2, 0.25) is 0 Å². The second-order valence-electron chi connectivity index (χ2n) is 7.12. The fraction of sp³-hybridized carbons (Fsp3) is 0.409. The number of hydrogen-bond donors (Lipinski definition) is 2. The molecular formula is C22H31FIN5O. The fourth-order valence-electron chi connectivity index (χ4n) is 3.49. The van der Waals surface area contributed by atoms with Crippen molar-refractivity contribution in [1.29, 1.82) is 0 Å². The Morgan fingerprint density at radius 1 is 1.17 bits per heavy atom. The van der Waals surface area contributed by atoms with Gasteiger partial charge in [0.1, 0.15) is 5.82 Å². The Bertz CT molecular complexity index is 840. The number of nitrogens with one attached hydrogen (secondary N) is 1. The van der Waals surface area contributed by atoms with Crippen molar-refractivity contribution in [3.63, 3.8) is 0 Å². The van der Waals surface area contributed by atoms with Gasteiger partial charge < -0.3 is 25.6 Å². The Balaban J connectivity index is 0.00000320. The quantitative estimate of drug-likeness (QED) is 0.327. The molecule has 3 rings (SSSR count). The summed E-state index contributed by atoms with van der Waals surface area (Å²) < 4.78 is 19.9. The predicted molar refractivity (Wildman–Crippen MR) is 132 cm³/mol. The molecule has 0 amide bonds. The van der Waals surface area contributed by atoms with Gasteiger partial charge in [0.05, 0.1) is 18.8 Å². The summed E-state index contributed by atoms with van der Waals surface area (Å²) in [5, 5.41) is 3.09. The topological polar surface area (TPSA) is 66.1 Å². The van der Waals surface area contributed by atoms with Crippen molar-refractivity contribution in [3.05, 3.63) is 59.4 Å². The Labute approximate surface area is 195 Å². The molecule has 0 aliphatic carbocycles. The Kier molecular flexibility index (Phi) is 9.80. The first-order valence-corrected chi connectivity index (χ1v) is 10.00. The highest BCUT2D eigenvalue weighted by Gasteiger charge is 2.18. The van der Waals surface area contributed by atoms with E-state index in [0.29, 0.717) is 18.8 Å². The number of para-hydroxylation sites is 1. The summed E-state index contributed by atoms with van der Waals surface area (Å²) in [6, 6.07) is 13.1. The largest absolute Gasteiger partial charge is 0.380 e. The fourth-order valence-corrected chi connectivity index (χ4v) is 3.49. The van der Waals surface area contributed by atoms with Gasteiger partial charge >= 0.3 is 0 Å². The second-order valence-corrected chi connectivity index (χ2v) is 7.12. The zero-order valence-corrected chi connectivity index (χ0v) is 19.9. The van der Waals surface area contributed by atoms with Crippen LogP contribution in [0.25, 0.3) is 0 Å². The highest BCUT2D eigenvalue weighted by atomic mass is 127. The number of aliphatic imine (C=N–C) groups is 1. The smallest absolute Gasteiger partial charge is 0.193 e. The zero-order chi connectivity index (χ0) is 20.6. The van der Waals surface area contributed by atoms with Crippen LogP contribution in [0.3, 0.4) is 0 Å². The van der Waals surface area contributed by atoms with Crippen LogP contribution in [0.1, 0.15) is 18.1 Å². The summed E-state index contributed by atoms with van der Waals surface area (Å²) in [4.78, 5) is 8.83. The zero-order valence-electron chi connectivity index (χ0n) is 17.6. The number of halogens is 2. The lowest BCUT2D eigenvalue weighted by Gasteiger charge is -2.35. The predicted octanol–water partition coefficient (Wildman–Crippen LogP) is 3.66. The summed E-state index contributed by atoms with van der Waals surface area (Å²) in [5.41, 5.74) is 9.31. The molecule has 0 atom stereocenters. The van der Waals surface area contributed by atoms with Gasteiger partial charge in [-0.1, -0.05) is 31.2 Å². The molecule has 1 aliphatic rings. The van der Waals surface area contributed by atoms with E-state index in [9.17, 15) is 4.39 Å². The number of hydrogen-bond acceptors (Lipinski definition) is 4. The van der Waals surface area contributed by atoms with E-state index in [4.69, 9.17) is 10.5 Å². The minimum atomic E-state index is -0.209. The van der Waals surface area contributed by atoms with Crippen LogP contribution >= 0.6 is 24.0 Å². The maximum atomic E-state index is 14.7. The van der Waals surface area contributed by atoms with Crippen molar-refractivity contribution in [1.82, 2.24) is 4.90 Å². The number of guanidine groups is 1. The van der Waals surface area contributed by atoms with Gasteiger partial charge in [-0.2, -0.15) is 0 Å². The number of anilines is 2. The highest BCUT2D eigenvalue weighted by molar-refractivity contribution is 14.0. The van der Waals surface area contributed by atoms with Crippen molar-refractivity contribution in [2.75, 3.05) is 50.1 Å². The molecule has 1 aliphatic heterocycles. The molecular weight excluding hydrogens is 496 g/mol. The van der Waals surface area contributed by atoms with E-state index >= 15 is 0 Å². The first kappa shape index (κ1) is 24.4. The third-order valence-electron chi connectivity index (χ3n) is 5.18. The minimum absolute atomic E-state index is 0. The maximum Gasteiger partial charge on any atom is 0.193 e. The number of piperazine rings is 1. The van der Waals surface area contributed by atoms with Crippen molar-refractivity contribution in [3.8, 4) is 0 Å². The molecule has 8 heteroatoms. The van der Waals surface area contributed by atoms with Crippen LogP contribution in [0.15, 0.2) is 47.5 Å². The van der Waals surface area contributed by atoms with Gasteiger partial charge in [0.25, 0.3) is 0 Å². The van der Waals surface area contributed by atoms with Crippen molar-refractivity contribution in [2.24, 2.45) is 10.7 Å². The lowest BCUT2D eigenvalue weighted by Crippen LogP contribution is -2.46. The molecule has 2 aromatic carbocycles. The van der Waals surface area contributed by atoms with Crippen LogP contribution in [0.5, 0.6) is 0 Å². The van der Waals surface area contributed by atoms with E-state index in [2.05, 4.69) is 27.0 Å². The van der Waals surface area contributed by atoms with E-state index in [0.717, 1.165) is 49.5 Å². The molecule has 6 nitrogen and oxygen atoms in total. The Morgan fingerprint density at radius 2 is 1.90 bits per heavy atom. The third-order valence-corrected chi connectivity index (χ3v) is 5.18. The van der Waals surface area contributed by atoms with E-state index in [1.807, 2.05) is 36.4 Å². The standard InChI is InChI=1S/C22H30FN5O.HI/c1-3-27-10-12-28(13-11-27)21-9-8-17(14-19(21)23)15-25-22(24)26-20-7-5-4-6-18(20)16-29-2;/h4-9,14H,3,10-13,15-16H2,1-2H3,(H3,24,25,26);1H. The molecule has 1 heterocycles. The number of benzene rings is 2. The molecule has 1 fully saturated rings. The van der Waals surface area contributed by atoms with Gasteiger partial charge in [0, 0.05) is 44.5 Å². The third kappa shape index (κ3) is 6.55. The van der Waals surface area contributed by atoms with E-state index in [-0.39, 0.29) is 35.8 Å². The summed E-state index contributed by atoms with van der Waals surface area (Å²) in [7, 11) is 1.65. The van der Waals surface area contributed by atoms with Crippen LogP contribution in [0, 0.1) is 5.82 Å². The molecule has 0 spiro atoms. The van der Waals surface area contributed by atoms with Crippen LogP contribution in [-0.2, 0) is 17.9 Å². The average molecular weight is 527 g/mol. The van der Waals surface area contributed by atoms with E-state index in [1.54, 1.807) is 13.2 Å². The van der Waals surface area contributed by atoms with Gasteiger partial charge in [0.15, 0.2) is 5.96 Å². The average Bonchev–Trinajstić information content (AvgIpc) is 2.74. The summed E-state index contributed by atoms with van der Waals surface area (Å²) in [6.45, 7) is 7.62. The van der Waals surface area contributed by atoms with Crippen LogP contribution in [-0.4, -0.2) is 50.7 Å². The molecule has 30 heavy (non-hydrogen) atoms. The lowest BCUT2D eigenvalue weighted by molar-refractivity contribution is 0.185. The summed E-state index contributed by atoms with van der Waals surface area (Å²) >= 11 is 0. The molecule has 3 N–H and O–H groups in total. The van der Waals surface area contributed by atoms with Crippen LogP contribution < -0.4 is 16.0 Å². The lowest BCUT2D eigenvalue weighted by atomic mass is 10.1. The molecule has 0 radical (unpaired) electrons. The number of likely N-dealkylation sites (N-methyl/N-ethyl adjacent to an activating group) is 1. The van der Waals surface area contributed by atoms with Crippen molar-refractivity contribution < 1.29 is 9.13 Å².